The molecular formula is C16H20N2O2. The van der Waals surface area contributed by atoms with Gasteiger partial charge < -0.3 is 15.1 Å². The molecule has 3 rings (SSSR count). The summed E-state index contributed by atoms with van der Waals surface area (Å²) in [5, 5.41) is 0.898. The molecule has 1 aliphatic rings. The van der Waals surface area contributed by atoms with E-state index in [-0.39, 0.29) is 5.91 Å². The van der Waals surface area contributed by atoms with Crippen LogP contribution in [-0.4, -0.2) is 29.9 Å². The van der Waals surface area contributed by atoms with Crippen molar-refractivity contribution in [3.8, 4) is 0 Å². The van der Waals surface area contributed by atoms with Crippen molar-refractivity contribution in [2.45, 2.75) is 31.7 Å². The molecule has 0 aliphatic heterocycles. The second kappa shape index (κ2) is 5.67. The van der Waals surface area contributed by atoms with Crippen LogP contribution in [0.5, 0.6) is 0 Å². The van der Waals surface area contributed by atoms with Crippen LogP contribution < -0.4 is 5.73 Å². The van der Waals surface area contributed by atoms with E-state index in [2.05, 4.69) is 0 Å². The largest absolute Gasteiger partial charge is 0.463 e. The first kappa shape index (κ1) is 13.2. The Kier molecular flexibility index (Phi) is 3.74. The van der Waals surface area contributed by atoms with E-state index in [1.54, 1.807) is 6.26 Å². The zero-order chi connectivity index (χ0) is 13.9. The van der Waals surface area contributed by atoms with Gasteiger partial charge in [-0.25, -0.2) is 0 Å². The summed E-state index contributed by atoms with van der Waals surface area (Å²) in [7, 11) is 0. The first-order valence-corrected chi connectivity index (χ1v) is 7.28. The molecule has 0 saturated heterocycles. The van der Waals surface area contributed by atoms with Crippen LogP contribution in [0.3, 0.4) is 0 Å². The molecule has 4 nitrogen and oxygen atoms in total. The number of rotatable bonds is 5. The fourth-order valence-corrected chi connectivity index (χ4v) is 2.71. The van der Waals surface area contributed by atoms with Gasteiger partial charge in [-0.15, -0.1) is 0 Å². The lowest BCUT2D eigenvalue weighted by Gasteiger charge is -2.37. The number of para-hydroxylation sites is 1. The Bertz CT molecular complexity index is 601. The number of amides is 1. The van der Waals surface area contributed by atoms with Gasteiger partial charge in [0.2, 0.25) is 0 Å². The Morgan fingerprint density at radius 1 is 1.35 bits per heavy atom. The number of carbonyl (C=O) groups excluding carboxylic acids is 1. The third-order valence-electron chi connectivity index (χ3n) is 4.09. The Labute approximate surface area is 118 Å². The summed E-state index contributed by atoms with van der Waals surface area (Å²) in [6.07, 6.45) is 5.85. The van der Waals surface area contributed by atoms with Crippen molar-refractivity contribution in [1.29, 1.82) is 0 Å². The Balaban J connectivity index is 1.88. The molecule has 2 aromatic rings. The lowest BCUT2D eigenvalue weighted by Crippen LogP contribution is -2.45. The van der Waals surface area contributed by atoms with E-state index in [4.69, 9.17) is 10.2 Å². The minimum atomic E-state index is 0.0769. The van der Waals surface area contributed by atoms with E-state index in [1.807, 2.05) is 29.2 Å². The molecule has 0 bridgehead atoms. The lowest BCUT2D eigenvalue weighted by molar-refractivity contribution is 0.0579. The van der Waals surface area contributed by atoms with Crippen LogP contribution in [0.25, 0.3) is 11.0 Å². The van der Waals surface area contributed by atoms with Crippen LogP contribution in [0, 0.1) is 0 Å². The van der Waals surface area contributed by atoms with Gasteiger partial charge in [-0.3, -0.25) is 4.79 Å². The topological polar surface area (TPSA) is 59.5 Å². The van der Waals surface area contributed by atoms with Gasteiger partial charge in [0, 0.05) is 18.0 Å². The molecule has 1 heterocycles. The SMILES string of the molecule is NCCCN(C(=O)c1coc2ccccc12)C1CCC1. The fourth-order valence-electron chi connectivity index (χ4n) is 2.71. The Morgan fingerprint density at radius 2 is 2.15 bits per heavy atom. The molecule has 1 amide bonds. The van der Waals surface area contributed by atoms with Gasteiger partial charge >= 0.3 is 0 Å². The van der Waals surface area contributed by atoms with Crippen molar-refractivity contribution >= 4 is 16.9 Å². The predicted molar refractivity (Wildman–Crippen MR) is 78.6 cm³/mol. The highest BCUT2D eigenvalue weighted by molar-refractivity contribution is 6.06. The molecule has 1 saturated carbocycles. The summed E-state index contributed by atoms with van der Waals surface area (Å²) < 4.78 is 5.48. The van der Waals surface area contributed by atoms with Gasteiger partial charge in [0.25, 0.3) is 5.91 Å². The molecular weight excluding hydrogens is 252 g/mol. The maximum atomic E-state index is 12.8. The molecule has 1 fully saturated rings. The monoisotopic (exact) mass is 272 g/mol. The van der Waals surface area contributed by atoms with Crippen molar-refractivity contribution in [1.82, 2.24) is 4.90 Å². The highest BCUT2D eigenvalue weighted by Crippen LogP contribution is 2.29. The molecule has 1 aromatic heterocycles. The number of carbonyl (C=O) groups is 1. The summed E-state index contributed by atoms with van der Waals surface area (Å²) in [6, 6.07) is 8.05. The second-order valence-corrected chi connectivity index (χ2v) is 5.37. The molecule has 20 heavy (non-hydrogen) atoms. The molecule has 0 atom stereocenters. The van der Waals surface area contributed by atoms with E-state index in [0.29, 0.717) is 18.2 Å². The molecule has 1 aliphatic carbocycles. The average Bonchev–Trinajstić information content (AvgIpc) is 2.84. The van der Waals surface area contributed by atoms with Gasteiger partial charge in [-0.05, 0) is 38.3 Å². The normalized spacial score (nSPS) is 15.2. The van der Waals surface area contributed by atoms with E-state index in [1.165, 1.54) is 6.42 Å². The van der Waals surface area contributed by atoms with Crippen LogP contribution >= 0.6 is 0 Å². The maximum absolute atomic E-state index is 12.8. The van der Waals surface area contributed by atoms with Crippen LogP contribution in [0.15, 0.2) is 34.9 Å². The number of hydrogen-bond donors (Lipinski definition) is 1. The molecule has 106 valence electrons. The Hall–Kier alpha value is -1.81. The summed E-state index contributed by atoms with van der Waals surface area (Å²) in [6.45, 7) is 1.35. The van der Waals surface area contributed by atoms with Crippen LogP contribution in [-0.2, 0) is 0 Å². The first-order valence-electron chi connectivity index (χ1n) is 7.28. The van der Waals surface area contributed by atoms with E-state index >= 15 is 0 Å². The minimum Gasteiger partial charge on any atom is -0.463 e. The molecule has 4 heteroatoms. The van der Waals surface area contributed by atoms with E-state index in [9.17, 15) is 4.79 Å². The van der Waals surface area contributed by atoms with Gasteiger partial charge in [0.15, 0.2) is 0 Å². The summed E-state index contributed by atoms with van der Waals surface area (Å²) in [5.41, 5.74) is 7.03. The number of nitrogens with zero attached hydrogens (tertiary/aromatic N) is 1. The predicted octanol–water partition coefficient (Wildman–Crippen LogP) is 2.78. The van der Waals surface area contributed by atoms with Gasteiger partial charge in [0.05, 0.1) is 5.56 Å². The highest BCUT2D eigenvalue weighted by Gasteiger charge is 2.30. The standard InChI is InChI=1S/C16H20N2O2/c17-9-4-10-18(12-5-3-6-12)16(19)14-11-20-15-8-2-1-7-13(14)15/h1-2,7-8,11-12H,3-6,9-10,17H2. The maximum Gasteiger partial charge on any atom is 0.257 e. The van der Waals surface area contributed by atoms with Crippen molar-refractivity contribution < 1.29 is 9.21 Å². The third kappa shape index (κ3) is 2.31. The van der Waals surface area contributed by atoms with Crippen molar-refractivity contribution in [3.05, 3.63) is 36.1 Å². The van der Waals surface area contributed by atoms with Crippen LogP contribution in [0.4, 0.5) is 0 Å². The van der Waals surface area contributed by atoms with Crippen LogP contribution in [0.2, 0.25) is 0 Å². The Morgan fingerprint density at radius 3 is 2.85 bits per heavy atom. The lowest BCUT2D eigenvalue weighted by atomic mass is 9.90. The third-order valence-corrected chi connectivity index (χ3v) is 4.09. The minimum absolute atomic E-state index is 0.0769. The number of nitrogens with two attached hydrogens (primary N) is 1. The zero-order valence-electron chi connectivity index (χ0n) is 11.5. The molecule has 2 N–H and O–H groups in total. The zero-order valence-corrected chi connectivity index (χ0v) is 11.5. The van der Waals surface area contributed by atoms with Crippen molar-refractivity contribution in [2.75, 3.05) is 13.1 Å². The second-order valence-electron chi connectivity index (χ2n) is 5.37. The average molecular weight is 272 g/mol. The smallest absolute Gasteiger partial charge is 0.257 e. The quantitative estimate of drug-likeness (QED) is 0.910. The molecule has 0 unspecified atom stereocenters. The van der Waals surface area contributed by atoms with E-state index < -0.39 is 0 Å². The van der Waals surface area contributed by atoms with Gasteiger partial charge in [-0.1, -0.05) is 18.2 Å². The molecule has 1 aromatic carbocycles. The number of hydrogen-bond acceptors (Lipinski definition) is 3. The molecule has 0 radical (unpaired) electrons. The van der Waals surface area contributed by atoms with Crippen molar-refractivity contribution in [2.24, 2.45) is 5.73 Å². The van der Waals surface area contributed by atoms with Gasteiger partial charge in [-0.2, -0.15) is 0 Å². The molecule has 0 spiro atoms. The number of furan rings is 1. The number of fused-ring (bicyclic) bond motifs is 1. The summed E-state index contributed by atoms with van der Waals surface area (Å²) >= 11 is 0. The van der Waals surface area contributed by atoms with Crippen molar-refractivity contribution in [3.63, 3.8) is 0 Å². The summed E-state index contributed by atoms with van der Waals surface area (Å²) in [4.78, 5) is 14.8. The van der Waals surface area contributed by atoms with Gasteiger partial charge in [0.1, 0.15) is 11.8 Å². The first-order chi connectivity index (χ1) is 9.81. The fraction of sp³-hybridized carbons (Fsp3) is 0.438. The van der Waals surface area contributed by atoms with Crippen LogP contribution in [0.1, 0.15) is 36.0 Å². The van der Waals surface area contributed by atoms with E-state index in [0.717, 1.165) is 36.8 Å². The summed E-state index contributed by atoms with van der Waals surface area (Å²) in [5.74, 6) is 0.0769. The number of benzene rings is 1. The highest BCUT2D eigenvalue weighted by atomic mass is 16.3.